The number of hydrogen-bond acceptors (Lipinski definition) is 3. The lowest BCUT2D eigenvalue weighted by atomic mass is 10.1. The first-order valence-corrected chi connectivity index (χ1v) is 4.35. The van der Waals surface area contributed by atoms with Crippen molar-refractivity contribution in [2.75, 3.05) is 7.11 Å². The van der Waals surface area contributed by atoms with Crippen molar-refractivity contribution in [3.63, 3.8) is 0 Å². The second-order valence-corrected chi connectivity index (χ2v) is 2.82. The van der Waals surface area contributed by atoms with E-state index in [-0.39, 0.29) is 6.04 Å². The van der Waals surface area contributed by atoms with E-state index in [9.17, 15) is 0 Å². The molecule has 3 nitrogen and oxygen atoms in total. The van der Waals surface area contributed by atoms with Gasteiger partial charge in [0.1, 0.15) is 6.04 Å². The quantitative estimate of drug-likeness (QED) is 0.534. The molecule has 1 atom stereocenters. The molecule has 0 heterocycles. The minimum atomic E-state index is -0.364. The molecule has 0 N–H and O–H groups in total. The Morgan fingerprint density at radius 1 is 1.50 bits per heavy atom. The number of hydrogen-bond donors (Lipinski definition) is 0. The molecular formula is C11H12N2O. The summed E-state index contributed by atoms with van der Waals surface area (Å²) in [4.78, 5) is 3.95. The van der Waals surface area contributed by atoms with Crippen LogP contribution in [0.1, 0.15) is 5.56 Å². The monoisotopic (exact) mass is 188 g/mol. The van der Waals surface area contributed by atoms with Crippen LogP contribution in [0.4, 0.5) is 0 Å². The van der Waals surface area contributed by atoms with Gasteiger partial charge in [0.05, 0.1) is 13.2 Å². The average molecular weight is 188 g/mol. The highest BCUT2D eigenvalue weighted by Crippen LogP contribution is 2.04. The summed E-state index contributed by atoms with van der Waals surface area (Å²) >= 11 is 0. The van der Waals surface area contributed by atoms with Crippen LogP contribution in [0.25, 0.3) is 0 Å². The maximum Gasteiger partial charge on any atom is 0.170 e. The van der Waals surface area contributed by atoms with Crippen molar-refractivity contribution in [2.24, 2.45) is 4.99 Å². The predicted octanol–water partition coefficient (Wildman–Crippen LogP) is 1.80. The van der Waals surface area contributed by atoms with Gasteiger partial charge in [0.2, 0.25) is 0 Å². The van der Waals surface area contributed by atoms with E-state index >= 15 is 0 Å². The summed E-state index contributed by atoms with van der Waals surface area (Å²) in [6.45, 7) is 0. The number of nitrogens with zero attached hydrogens (tertiary/aromatic N) is 2. The second-order valence-electron chi connectivity index (χ2n) is 2.82. The van der Waals surface area contributed by atoms with Gasteiger partial charge in [-0.2, -0.15) is 5.26 Å². The SMILES string of the molecule is COC=N[C@H](C#N)Cc1ccccc1. The van der Waals surface area contributed by atoms with Crippen LogP contribution in [0.5, 0.6) is 0 Å². The first-order valence-electron chi connectivity index (χ1n) is 4.35. The van der Waals surface area contributed by atoms with Crippen LogP contribution >= 0.6 is 0 Å². The van der Waals surface area contributed by atoms with Gasteiger partial charge in [-0.25, -0.2) is 4.99 Å². The second kappa shape index (κ2) is 5.76. The number of aliphatic imine (C=N–C) groups is 1. The third-order valence-corrected chi connectivity index (χ3v) is 1.77. The highest BCUT2D eigenvalue weighted by Gasteiger charge is 2.04. The zero-order valence-electron chi connectivity index (χ0n) is 8.05. The third-order valence-electron chi connectivity index (χ3n) is 1.77. The van der Waals surface area contributed by atoms with Crippen molar-refractivity contribution in [1.29, 1.82) is 5.26 Å². The number of nitriles is 1. The molecule has 0 unspecified atom stereocenters. The Hall–Kier alpha value is -1.82. The molecule has 0 spiro atoms. The van der Waals surface area contributed by atoms with Crippen molar-refractivity contribution < 1.29 is 4.74 Å². The molecule has 0 saturated heterocycles. The first-order chi connectivity index (χ1) is 6.86. The Morgan fingerprint density at radius 3 is 2.79 bits per heavy atom. The standard InChI is InChI=1S/C11H12N2O/c1-14-9-13-11(8-12)7-10-5-3-2-4-6-10/h2-6,9,11H,7H2,1H3/t11-/m0/s1. The van der Waals surface area contributed by atoms with Gasteiger partial charge in [0.15, 0.2) is 6.40 Å². The van der Waals surface area contributed by atoms with Gasteiger partial charge in [0.25, 0.3) is 0 Å². The van der Waals surface area contributed by atoms with Gasteiger partial charge in [0, 0.05) is 6.42 Å². The van der Waals surface area contributed by atoms with Crippen LogP contribution in [0.2, 0.25) is 0 Å². The molecular weight excluding hydrogens is 176 g/mol. The van der Waals surface area contributed by atoms with Crippen molar-refractivity contribution in [3.05, 3.63) is 35.9 Å². The van der Waals surface area contributed by atoms with Crippen LogP contribution in [0.15, 0.2) is 35.3 Å². The Balaban J connectivity index is 2.58. The number of rotatable bonds is 4. The summed E-state index contributed by atoms with van der Waals surface area (Å²) < 4.78 is 4.67. The topological polar surface area (TPSA) is 45.4 Å². The van der Waals surface area contributed by atoms with Crippen LogP contribution in [0, 0.1) is 11.3 Å². The molecule has 0 fully saturated rings. The fourth-order valence-corrected chi connectivity index (χ4v) is 1.10. The number of benzene rings is 1. The van der Waals surface area contributed by atoms with E-state index < -0.39 is 0 Å². The van der Waals surface area contributed by atoms with Gasteiger partial charge in [-0.05, 0) is 5.56 Å². The molecule has 14 heavy (non-hydrogen) atoms. The van der Waals surface area contributed by atoms with Crippen molar-refractivity contribution in [2.45, 2.75) is 12.5 Å². The summed E-state index contributed by atoms with van der Waals surface area (Å²) in [5.74, 6) is 0. The molecule has 0 aliphatic heterocycles. The van der Waals surface area contributed by atoms with E-state index in [0.717, 1.165) is 5.56 Å². The molecule has 0 bridgehead atoms. The van der Waals surface area contributed by atoms with Crippen LogP contribution < -0.4 is 0 Å². The van der Waals surface area contributed by atoms with E-state index in [1.807, 2.05) is 30.3 Å². The van der Waals surface area contributed by atoms with E-state index in [1.54, 1.807) is 0 Å². The molecule has 3 heteroatoms. The molecule has 0 radical (unpaired) electrons. The third kappa shape index (κ3) is 3.28. The summed E-state index contributed by atoms with van der Waals surface area (Å²) in [5.41, 5.74) is 1.10. The fourth-order valence-electron chi connectivity index (χ4n) is 1.10. The Morgan fingerprint density at radius 2 is 2.21 bits per heavy atom. The normalized spacial score (nSPS) is 12.3. The molecule has 1 rings (SSSR count). The summed E-state index contributed by atoms with van der Waals surface area (Å²) in [6, 6.07) is 11.5. The molecule has 0 amide bonds. The highest BCUT2D eigenvalue weighted by atomic mass is 16.5. The Labute approximate surface area is 83.7 Å². The largest absolute Gasteiger partial charge is 0.487 e. The molecule has 1 aromatic rings. The fraction of sp³-hybridized carbons (Fsp3) is 0.273. The van der Waals surface area contributed by atoms with Gasteiger partial charge in [-0.3, -0.25) is 0 Å². The van der Waals surface area contributed by atoms with Crippen LogP contribution in [0.3, 0.4) is 0 Å². The lowest BCUT2D eigenvalue weighted by molar-refractivity contribution is 0.419. The predicted molar refractivity (Wildman–Crippen MR) is 55.0 cm³/mol. The van der Waals surface area contributed by atoms with E-state index in [1.165, 1.54) is 13.5 Å². The number of ether oxygens (including phenoxy) is 1. The zero-order valence-corrected chi connectivity index (χ0v) is 8.05. The summed E-state index contributed by atoms with van der Waals surface area (Å²) in [5, 5.41) is 8.79. The molecule has 72 valence electrons. The van der Waals surface area contributed by atoms with Crippen molar-refractivity contribution in [1.82, 2.24) is 0 Å². The van der Waals surface area contributed by atoms with Crippen LogP contribution in [-0.4, -0.2) is 19.6 Å². The minimum absolute atomic E-state index is 0.364. The van der Waals surface area contributed by atoms with E-state index in [2.05, 4.69) is 15.8 Å². The van der Waals surface area contributed by atoms with Crippen LogP contribution in [-0.2, 0) is 11.2 Å². The Kier molecular flexibility index (Phi) is 4.22. The van der Waals surface area contributed by atoms with E-state index in [4.69, 9.17) is 5.26 Å². The first kappa shape index (κ1) is 10.3. The minimum Gasteiger partial charge on any atom is -0.487 e. The van der Waals surface area contributed by atoms with Gasteiger partial charge in [-0.15, -0.1) is 0 Å². The summed E-state index contributed by atoms with van der Waals surface area (Å²) in [7, 11) is 1.51. The Bertz CT molecular complexity index is 327. The average Bonchev–Trinajstić information content (AvgIpc) is 2.25. The lowest BCUT2D eigenvalue weighted by Gasteiger charge is -2.02. The smallest absolute Gasteiger partial charge is 0.170 e. The van der Waals surface area contributed by atoms with E-state index in [0.29, 0.717) is 6.42 Å². The van der Waals surface area contributed by atoms with Gasteiger partial charge in [-0.1, -0.05) is 30.3 Å². The van der Waals surface area contributed by atoms with Gasteiger partial charge < -0.3 is 4.74 Å². The zero-order chi connectivity index (χ0) is 10.2. The molecule has 1 aromatic carbocycles. The maximum atomic E-state index is 8.79. The maximum absolute atomic E-state index is 8.79. The highest BCUT2D eigenvalue weighted by molar-refractivity contribution is 5.47. The molecule has 0 aliphatic carbocycles. The number of methoxy groups -OCH3 is 1. The lowest BCUT2D eigenvalue weighted by Crippen LogP contribution is -2.05. The molecule has 0 aromatic heterocycles. The van der Waals surface area contributed by atoms with Gasteiger partial charge >= 0.3 is 0 Å². The van der Waals surface area contributed by atoms with Crippen molar-refractivity contribution >= 4 is 6.40 Å². The molecule has 0 saturated carbocycles. The summed E-state index contributed by atoms with van der Waals surface area (Å²) in [6.07, 6.45) is 1.92. The molecule has 0 aliphatic rings. The van der Waals surface area contributed by atoms with Crippen molar-refractivity contribution in [3.8, 4) is 6.07 Å².